The maximum atomic E-state index is 13.5. The molecule has 30 heavy (non-hydrogen) atoms. The van der Waals surface area contributed by atoms with Crippen LogP contribution in [0.15, 0.2) is 76.3 Å². The molecule has 2 aliphatic rings. The monoisotopic (exact) mass is 448 g/mol. The number of halogens is 2. The van der Waals surface area contributed by atoms with Crippen molar-refractivity contribution in [3.8, 4) is 5.75 Å². The number of allylic oxidation sites excluding steroid dienone is 3. The molecule has 0 aromatic heterocycles. The molecule has 1 atom stereocenters. The van der Waals surface area contributed by atoms with Gasteiger partial charge in [0.05, 0.1) is 16.5 Å². The summed E-state index contributed by atoms with van der Waals surface area (Å²) in [7, 11) is -3.93. The van der Waals surface area contributed by atoms with Crippen molar-refractivity contribution in [3.63, 3.8) is 0 Å². The van der Waals surface area contributed by atoms with Gasteiger partial charge in [0.2, 0.25) is 0 Å². The summed E-state index contributed by atoms with van der Waals surface area (Å²) in [5, 5.41) is -0.0518. The standard InChI is InChI=1S/C21H18ClFN2O4S/c22-18-11-16(6-8-19(18)23)24-30(27,28)17-7-9-20-15(10-17)13-25(21(26)29-20)12-14-4-2-1-3-5-14/h1-7,9-11,19,24H,8,12-13H2. The van der Waals surface area contributed by atoms with E-state index in [4.69, 9.17) is 16.3 Å². The highest BCUT2D eigenvalue weighted by molar-refractivity contribution is 7.89. The fraction of sp³-hybridized carbons (Fsp3) is 0.190. The Labute approximate surface area is 178 Å². The zero-order chi connectivity index (χ0) is 21.3. The molecule has 0 spiro atoms. The Balaban J connectivity index is 1.55. The molecule has 1 unspecified atom stereocenters. The molecule has 1 N–H and O–H groups in total. The second-order valence-corrected chi connectivity index (χ2v) is 9.10. The average Bonchev–Trinajstić information content (AvgIpc) is 2.71. The lowest BCUT2D eigenvalue weighted by atomic mass is 10.1. The summed E-state index contributed by atoms with van der Waals surface area (Å²) in [5.74, 6) is 0.323. The third-order valence-corrected chi connectivity index (χ3v) is 6.49. The van der Waals surface area contributed by atoms with Gasteiger partial charge >= 0.3 is 6.09 Å². The molecular formula is C21H18ClFN2O4S. The zero-order valence-electron chi connectivity index (χ0n) is 15.7. The number of amides is 1. The van der Waals surface area contributed by atoms with Crippen LogP contribution in [0.4, 0.5) is 9.18 Å². The van der Waals surface area contributed by atoms with Crippen LogP contribution in [0.25, 0.3) is 0 Å². The summed E-state index contributed by atoms with van der Waals surface area (Å²) in [6.45, 7) is 0.555. The van der Waals surface area contributed by atoms with Crippen LogP contribution in [0.5, 0.6) is 5.75 Å². The number of nitrogens with one attached hydrogen (secondary N) is 1. The molecule has 0 saturated carbocycles. The quantitative estimate of drug-likeness (QED) is 0.742. The largest absolute Gasteiger partial charge is 0.415 e. The van der Waals surface area contributed by atoms with Gasteiger partial charge in [0, 0.05) is 24.2 Å². The Morgan fingerprint density at radius 1 is 1.20 bits per heavy atom. The number of alkyl halides is 1. The average molecular weight is 449 g/mol. The van der Waals surface area contributed by atoms with Crippen molar-refractivity contribution in [3.05, 3.63) is 82.5 Å². The van der Waals surface area contributed by atoms with Gasteiger partial charge in [-0.3, -0.25) is 9.62 Å². The molecule has 9 heteroatoms. The van der Waals surface area contributed by atoms with Crippen molar-refractivity contribution in [2.24, 2.45) is 0 Å². The predicted molar refractivity (Wildman–Crippen MR) is 110 cm³/mol. The molecule has 0 radical (unpaired) electrons. The summed E-state index contributed by atoms with van der Waals surface area (Å²) in [5.41, 5.74) is 1.72. The lowest BCUT2D eigenvalue weighted by Gasteiger charge is -2.28. The number of ether oxygens (including phenoxy) is 1. The Morgan fingerprint density at radius 2 is 1.97 bits per heavy atom. The first-order valence-electron chi connectivity index (χ1n) is 9.19. The number of sulfonamides is 1. The van der Waals surface area contributed by atoms with Crippen LogP contribution >= 0.6 is 11.6 Å². The third kappa shape index (κ3) is 4.34. The number of nitrogens with zero attached hydrogens (tertiary/aromatic N) is 1. The fourth-order valence-electron chi connectivity index (χ4n) is 3.23. The van der Waals surface area contributed by atoms with E-state index in [0.29, 0.717) is 17.9 Å². The molecule has 156 valence electrons. The smallest absolute Gasteiger partial charge is 0.410 e. The predicted octanol–water partition coefficient (Wildman–Crippen LogP) is 4.23. The van der Waals surface area contributed by atoms with E-state index in [9.17, 15) is 17.6 Å². The summed E-state index contributed by atoms with van der Waals surface area (Å²) in [6, 6.07) is 13.7. The number of fused-ring (bicyclic) bond motifs is 1. The summed E-state index contributed by atoms with van der Waals surface area (Å²) < 4.78 is 46.8. The minimum absolute atomic E-state index is 0.00176. The first-order valence-corrected chi connectivity index (χ1v) is 11.1. The second-order valence-electron chi connectivity index (χ2n) is 6.98. The van der Waals surface area contributed by atoms with E-state index in [0.717, 1.165) is 5.56 Å². The minimum Gasteiger partial charge on any atom is -0.410 e. The SMILES string of the molecule is O=C1Oc2ccc(S(=O)(=O)NC3=CCC(F)C(Cl)=C3)cc2CN1Cc1ccccc1. The number of carbonyl (C=O) groups excluding carboxylic acids is 1. The van der Waals surface area contributed by atoms with Crippen LogP contribution in [0.1, 0.15) is 17.5 Å². The van der Waals surface area contributed by atoms with Crippen molar-refractivity contribution in [2.45, 2.75) is 30.6 Å². The highest BCUT2D eigenvalue weighted by Crippen LogP contribution is 2.30. The zero-order valence-corrected chi connectivity index (χ0v) is 17.3. The molecule has 0 bridgehead atoms. The van der Waals surface area contributed by atoms with E-state index >= 15 is 0 Å². The topological polar surface area (TPSA) is 75.7 Å². The molecular weight excluding hydrogens is 431 g/mol. The van der Waals surface area contributed by atoms with E-state index in [2.05, 4.69) is 4.72 Å². The molecule has 2 aromatic rings. The van der Waals surface area contributed by atoms with Crippen LogP contribution in [-0.4, -0.2) is 25.6 Å². The third-order valence-electron chi connectivity index (χ3n) is 4.76. The highest BCUT2D eigenvalue weighted by Gasteiger charge is 2.27. The molecule has 1 amide bonds. The number of carbonyl (C=O) groups is 1. The second kappa shape index (κ2) is 8.12. The van der Waals surface area contributed by atoms with E-state index < -0.39 is 22.3 Å². The van der Waals surface area contributed by atoms with Crippen LogP contribution in [0.3, 0.4) is 0 Å². The van der Waals surface area contributed by atoms with Gasteiger partial charge in [-0.25, -0.2) is 17.6 Å². The van der Waals surface area contributed by atoms with Crippen LogP contribution < -0.4 is 9.46 Å². The fourth-order valence-corrected chi connectivity index (χ4v) is 4.55. The van der Waals surface area contributed by atoms with Crippen molar-refractivity contribution < 1.29 is 22.3 Å². The number of rotatable bonds is 5. The Bertz CT molecular complexity index is 1150. The highest BCUT2D eigenvalue weighted by atomic mass is 35.5. The van der Waals surface area contributed by atoms with Crippen molar-refractivity contribution in [1.29, 1.82) is 0 Å². The van der Waals surface area contributed by atoms with E-state index in [1.165, 1.54) is 35.3 Å². The van der Waals surface area contributed by atoms with Crippen molar-refractivity contribution in [1.82, 2.24) is 9.62 Å². The Hall–Kier alpha value is -2.84. The maximum Gasteiger partial charge on any atom is 0.415 e. The van der Waals surface area contributed by atoms with Crippen molar-refractivity contribution in [2.75, 3.05) is 0 Å². The van der Waals surface area contributed by atoms with Gasteiger partial charge in [-0.15, -0.1) is 0 Å². The molecule has 2 aromatic carbocycles. The van der Waals surface area contributed by atoms with Gasteiger partial charge < -0.3 is 4.74 Å². The molecule has 0 saturated heterocycles. The lowest BCUT2D eigenvalue weighted by Crippen LogP contribution is -2.36. The molecule has 1 aliphatic carbocycles. The molecule has 6 nitrogen and oxygen atoms in total. The molecule has 1 heterocycles. The molecule has 0 fully saturated rings. The van der Waals surface area contributed by atoms with Crippen molar-refractivity contribution >= 4 is 27.7 Å². The van der Waals surface area contributed by atoms with E-state index in [1.54, 1.807) is 0 Å². The van der Waals surface area contributed by atoms with Gasteiger partial charge in [0.15, 0.2) is 0 Å². The number of benzene rings is 2. The molecule has 1 aliphatic heterocycles. The number of hydrogen-bond acceptors (Lipinski definition) is 4. The normalized spacial score (nSPS) is 18.8. The van der Waals surface area contributed by atoms with Crippen LogP contribution in [0, 0.1) is 0 Å². The lowest BCUT2D eigenvalue weighted by molar-refractivity contribution is 0.135. The van der Waals surface area contributed by atoms with Gasteiger partial charge in [0.1, 0.15) is 11.9 Å². The summed E-state index contributed by atoms with van der Waals surface area (Å²) in [6.07, 6.45) is 0.883. The minimum atomic E-state index is -3.93. The molecule has 4 rings (SSSR count). The van der Waals surface area contributed by atoms with Gasteiger partial charge in [-0.05, 0) is 29.8 Å². The van der Waals surface area contributed by atoms with Gasteiger partial charge in [-0.2, -0.15) is 0 Å². The summed E-state index contributed by atoms with van der Waals surface area (Å²) >= 11 is 5.78. The van der Waals surface area contributed by atoms with E-state index in [-0.39, 0.29) is 28.6 Å². The van der Waals surface area contributed by atoms with Crippen LogP contribution in [-0.2, 0) is 23.1 Å². The number of hydrogen-bond donors (Lipinski definition) is 1. The van der Waals surface area contributed by atoms with Gasteiger partial charge in [-0.1, -0.05) is 48.0 Å². The first-order chi connectivity index (χ1) is 14.3. The van der Waals surface area contributed by atoms with E-state index in [1.807, 2.05) is 30.3 Å². The Kier molecular flexibility index (Phi) is 5.53. The van der Waals surface area contributed by atoms with Crippen LogP contribution in [0.2, 0.25) is 0 Å². The van der Waals surface area contributed by atoms with Gasteiger partial charge in [0.25, 0.3) is 10.0 Å². The summed E-state index contributed by atoms with van der Waals surface area (Å²) in [4.78, 5) is 13.8. The Morgan fingerprint density at radius 3 is 2.70 bits per heavy atom. The maximum absolute atomic E-state index is 13.5. The first kappa shape index (κ1) is 20.4.